The van der Waals surface area contributed by atoms with E-state index in [9.17, 15) is 0 Å². The molecule has 0 aliphatic heterocycles. The van der Waals surface area contributed by atoms with Gasteiger partial charge in [-0.1, -0.05) is 194 Å². The first-order valence-corrected chi connectivity index (χ1v) is 23.7. The number of para-hydroxylation sites is 4. The molecule has 67 heavy (non-hydrogen) atoms. The topological polar surface area (TPSA) is 8.17 Å². The van der Waals surface area contributed by atoms with Crippen molar-refractivity contribution in [3.8, 4) is 50.2 Å². The maximum absolute atomic E-state index is 2.50. The molecule has 0 radical (unpaired) electrons. The summed E-state index contributed by atoms with van der Waals surface area (Å²) in [5.74, 6) is 0. The Labute approximate surface area is 393 Å². The first kappa shape index (κ1) is 38.9. The van der Waals surface area contributed by atoms with Crippen molar-refractivity contribution in [2.45, 2.75) is 0 Å². The summed E-state index contributed by atoms with van der Waals surface area (Å²) in [7, 11) is 0. The van der Waals surface area contributed by atoms with Crippen LogP contribution in [0.1, 0.15) is 0 Å². The highest BCUT2D eigenvalue weighted by atomic mass is 32.1. The Morgan fingerprint density at radius 2 is 0.866 bits per heavy atom. The first-order valence-electron chi connectivity index (χ1n) is 22.9. The number of fused-ring (bicyclic) bond motifs is 7. The molecule has 0 saturated heterocycles. The minimum atomic E-state index is 1.08. The molecule has 0 aliphatic carbocycles. The fraction of sp³-hybridized carbons (Fsp3) is 0. The SMILES string of the molecule is c1ccc(-c2cccc3cccc(-c4ccccc4N(c4cccc(-c5cccc6sc7ccccc7c56)c4)c4ccccc4-c4ccc5c6ccccc6n(-c6ccccc6)c5c4)c23)cc1. The number of rotatable bonds is 8. The Morgan fingerprint density at radius 1 is 0.313 bits per heavy atom. The maximum Gasteiger partial charge on any atom is 0.0547 e. The molecule has 0 N–H and O–H groups in total. The molecule has 0 fully saturated rings. The largest absolute Gasteiger partial charge is 0.309 e. The van der Waals surface area contributed by atoms with Gasteiger partial charge in [0.1, 0.15) is 0 Å². The highest BCUT2D eigenvalue weighted by Crippen LogP contribution is 2.49. The van der Waals surface area contributed by atoms with Gasteiger partial charge in [-0.05, 0) is 105 Å². The van der Waals surface area contributed by atoms with E-state index >= 15 is 0 Å². The van der Waals surface area contributed by atoms with Crippen LogP contribution in [-0.4, -0.2) is 4.57 Å². The highest BCUT2D eigenvalue weighted by Gasteiger charge is 2.24. The molecule has 3 heteroatoms. The van der Waals surface area contributed by atoms with Crippen LogP contribution < -0.4 is 4.90 Å². The summed E-state index contributed by atoms with van der Waals surface area (Å²) in [5, 5.41) is 7.52. The smallest absolute Gasteiger partial charge is 0.0547 e. The Kier molecular flexibility index (Phi) is 9.40. The number of hydrogen-bond acceptors (Lipinski definition) is 2. The summed E-state index contributed by atoms with van der Waals surface area (Å²) < 4.78 is 5.01. The predicted molar refractivity (Wildman–Crippen MR) is 288 cm³/mol. The van der Waals surface area contributed by atoms with Crippen LogP contribution >= 0.6 is 11.3 Å². The molecule has 11 aromatic carbocycles. The van der Waals surface area contributed by atoms with Crippen LogP contribution in [0.15, 0.2) is 255 Å². The molecule has 0 unspecified atom stereocenters. The second-order valence-corrected chi connectivity index (χ2v) is 18.3. The van der Waals surface area contributed by atoms with Gasteiger partial charge in [0.15, 0.2) is 0 Å². The molecule has 0 bridgehead atoms. The molecule has 0 saturated carbocycles. The fourth-order valence-electron chi connectivity index (χ4n) is 10.5. The second-order valence-electron chi connectivity index (χ2n) is 17.2. The van der Waals surface area contributed by atoms with Crippen LogP contribution in [0.3, 0.4) is 0 Å². The number of anilines is 3. The minimum absolute atomic E-state index is 1.08. The third-order valence-electron chi connectivity index (χ3n) is 13.4. The maximum atomic E-state index is 2.50. The summed E-state index contributed by atoms with van der Waals surface area (Å²) in [5.41, 5.74) is 16.2. The van der Waals surface area contributed by atoms with Gasteiger partial charge < -0.3 is 9.47 Å². The van der Waals surface area contributed by atoms with Crippen LogP contribution in [0.4, 0.5) is 17.1 Å². The van der Waals surface area contributed by atoms with E-state index in [1.165, 1.54) is 80.6 Å². The molecule has 0 spiro atoms. The number of thiophene rings is 1. The lowest BCUT2D eigenvalue weighted by Crippen LogP contribution is -2.12. The lowest BCUT2D eigenvalue weighted by molar-refractivity contribution is 1.18. The summed E-state index contributed by atoms with van der Waals surface area (Å²) in [4.78, 5) is 2.50. The van der Waals surface area contributed by atoms with Gasteiger partial charge in [0.2, 0.25) is 0 Å². The molecule has 2 aromatic heterocycles. The van der Waals surface area contributed by atoms with E-state index in [0.717, 1.165) is 39.4 Å². The lowest BCUT2D eigenvalue weighted by Gasteiger charge is -2.30. The van der Waals surface area contributed by atoms with Crippen molar-refractivity contribution in [1.82, 2.24) is 4.57 Å². The molecular weight excluding hydrogens is 829 g/mol. The van der Waals surface area contributed by atoms with Gasteiger partial charge in [0, 0.05) is 53.4 Å². The number of aromatic nitrogens is 1. The van der Waals surface area contributed by atoms with Crippen molar-refractivity contribution in [3.63, 3.8) is 0 Å². The van der Waals surface area contributed by atoms with Crippen LogP contribution in [-0.2, 0) is 0 Å². The molecular formula is C64H42N2S. The molecule has 2 nitrogen and oxygen atoms in total. The summed E-state index contributed by atoms with van der Waals surface area (Å²) in [6, 6.07) is 93.4. The molecule has 314 valence electrons. The van der Waals surface area contributed by atoms with E-state index in [4.69, 9.17) is 0 Å². The number of benzene rings is 11. The van der Waals surface area contributed by atoms with E-state index in [1.54, 1.807) is 0 Å². The summed E-state index contributed by atoms with van der Waals surface area (Å²) in [6.45, 7) is 0. The summed E-state index contributed by atoms with van der Waals surface area (Å²) >= 11 is 1.86. The molecule has 0 amide bonds. The molecule has 0 atom stereocenters. The summed E-state index contributed by atoms with van der Waals surface area (Å²) in [6.07, 6.45) is 0. The van der Waals surface area contributed by atoms with Crippen LogP contribution in [0.5, 0.6) is 0 Å². The van der Waals surface area contributed by atoms with Gasteiger partial charge in [-0.15, -0.1) is 11.3 Å². The van der Waals surface area contributed by atoms with Gasteiger partial charge in [0.05, 0.1) is 22.4 Å². The lowest BCUT2D eigenvalue weighted by atomic mass is 9.90. The van der Waals surface area contributed by atoms with Crippen LogP contribution in [0.25, 0.3) is 103 Å². The first-order chi connectivity index (χ1) is 33.3. The molecule has 2 heterocycles. The van der Waals surface area contributed by atoms with Crippen LogP contribution in [0.2, 0.25) is 0 Å². The molecule has 13 aromatic rings. The van der Waals surface area contributed by atoms with E-state index in [0.29, 0.717) is 0 Å². The predicted octanol–water partition coefficient (Wildman–Crippen LogP) is 18.4. The van der Waals surface area contributed by atoms with Crippen molar-refractivity contribution >= 4 is 81.1 Å². The number of nitrogens with zero attached hydrogens (tertiary/aromatic N) is 2. The standard InChI is InChI=1S/C64H42N2S/c1-3-19-43(20-4-1)50-31-16-21-44-22-17-33-55(63(44)50)53-29-9-13-36-59(53)66(48-26-15-23-45(41-48)51-32-18-38-62-64(51)56-30-10-14-37-61(56)67-62)57-34-11-7-27-49(57)46-39-40-54-52-28-8-12-35-58(52)65(60(54)42-46)47-24-5-2-6-25-47/h1-42H. The Morgan fingerprint density at radius 3 is 1.69 bits per heavy atom. The van der Waals surface area contributed by atoms with Gasteiger partial charge in [-0.25, -0.2) is 0 Å². The number of hydrogen-bond donors (Lipinski definition) is 0. The zero-order valence-corrected chi connectivity index (χ0v) is 37.4. The van der Waals surface area contributed by atoms with Crippen molar-refractivity contribution in [2.75, 3.05) is 4.90 Å². The second kappa shape index (κ2) is 16.2. The third kappa shape index (κ3) is 6.55. The van der Waals surface area contributed by atoms with Crippen molar-refractivity contribution in [3.05, 3.63) is 255 Å². The Balaban J connectivity index is 1.07. The molecule has 0 aliphatic rings. The van der Waals surface area contributed by atoms with E-state index < -0.39 is 0 Å². The van der Waals surface area contributed by atoms with E-state index in [1.807, 2.05) is 11.3 Å². The van der Waals surface area contributed by atoms with Crippen molar-refractivity contribution in [1.29, 1.82) is 0 Å². The quantitative estimate of drug-likeness (QED) is 0.148. The molecule has 13 rings (SSSR count). The zero-order chi connectivity index (χ0) is 44.3. The van der Waals surface area contributed by atoms with Gasteiger partial charge >= 0.3 is 0 Å². The van der Waals surface area contributed by atoms with Gasteiger partial charge in [-0.3, -0.25) is 0 Å². The average molecular weight is 871 g/mol. The minimum Gasteiger partial charge on any atom is -0.309 e. The van der Waals surface area contributed by atoms with E-state index in [2.05, 4.69) is 264 Å². The zero-order valence-electron chi connectivity index (χ0n) is 36.6. The van der Waals surface area contributed by atoms with Gasteiger partial charge in [0.25, 0.3) is 0 Å². The third-order valence-corrected chi connectivity index (χ3v) is 14.5. The Hall–Kier alpha value is -8.50. The van der Waals surface area contributed by atoms with Crippen molar-refractivity contribution in [2.24, 2.45) is 0 Å². The van der Waals surface area contributed by atoms with Crippen LogP contribution in [0, 0.1) is 0 Å². The Bertz CT molecular complexity index is 3990. The normalized spacial score (nSPS) is 11.6. The monoisotopic (exact) mass is 870 g/mol. The highest BCUT2D eigenvalue weighted by molar-refractivity contribution is 7.25. The fourth-order valence-corrected chi connectivity index (χ4v) is 11.6. The van der Waals surface area contributed by atoms with Gasteiger partial charge in [-0.2, -0.15) is 0 Å². The average Bonchev–Trinajstić information content (AvgIpc) is 3.95. The van der Waals surface area contributed by atoms with Crippen molar-refractivity contribution < 1.29 is 0 Å². The van der Waals surface area contributed by atoms with E-state index in [-0.39, 0.29) is 0 Å².